The van der Waals surface area contributed by atoms with Crippen molar-refractivity contribution in [2.24, 2.45) is 0 Å². The maximum atomic E-state index is 12.7. The van der Waals surface area contributed by atoms with Gasteiger partial charge in [-0.3, -0.25) is 9.78 Å². The molecule has 0 aliphatic heterocycles. The van der Waals surface area contributed by atoms with E-state index < -0.39 is 0 Å². The first kappa shape index (κ1) is 16.8. The van der Waals surface area contributed by atoms with Crippen LogP contribution < -0.4 is 4.74 Å². The van der Waals surface area contributed by atoms with Gasteiger partial charge in [-0.05, 0) is 48.4 Å². The van der Waals surface area contributed by atoms with E-state index in [0.717, 1.165) is 16.9 Å². The standard InChI is InChI=1S/C20H20N2O3/c1-16-5-2-7-18(11-16)25-15-20(23)22(14-19-8-4-10-24-19)13-17-6-3-9-21-12-17/h2-12H,13-15H2,1H3. The molecule has 0 bridgehead atoms. The summed E-state index contributed by atoms with van der Waals surface area (Å²) in [5, 5.41) is 0. The zero-order valence-corrected chi connectivity index (χ0v) is 14.1. The number of hydrogen-bond donors (Lipinski definition) is 0. The van der Waals surface area contributed by atoms with Gasteiger partial charge in [0.1, 0.15) is 11.5 Å². The summed E-state index contributed by atoms with van der Waals surface area (Å²) < 4.78 is 11.0. The fraction of sp³-hybridized carbons (Fsp3) is 0.200. The highest BCUT2D eigenvalue weighted by molar-refractivity contribution is 5.77. The number of benzene rings is 1. The van der Waals surface area contributed by atoms with Crippen LogP contribution in [0.5, 0.6) is 5.75 Å². The number of hydrogen-bond acceptors (Lipinski definition) is 4. The van der Waals surface area contributed by atoms with Crippen LogP contribution in [0.2, 0.25) is 0 Å². The van der Waals surface area contributed by atoms with Gasteiger partial charge in [0, 0.05) is 18.9 Å². The summed E-state index contributed by atoms with van der Waals surface area (Å²) in [5.74, 6) is 1.31. The van der Waals surface area contributed by atoms with Gasteiger partial charge in [0.05, 0.1) is 12.8 Å². The van der Waals surface area contributed by atoms with Gasteiger partial charge in [0.15, 0.2) is 6.61 Å². The molecule has 0 radical (unpaired) electrons. The largest absolute Gasteiger partial charge is 0.484 e. The number of carbonyl (C=O) groups excluding carboxylic acids is 1. The van der Waals surface area contributed by atoms with E-state index in [4.69, 9.17) is 9.15 Å². The quantitative estimate of drug-likeness (QED) is 0.661. The van der Waals surface area contributed by atoms with Gasteiger partial charge in [-0.1, -0.05) is 18.2 Å². The maximum Gasteiger partial charge on any atom is 0.261 e. The molecule has 3 rings (SSSR count). The third-order valence-electron chi connectivity index (χ3n) is 3.73. The van der Waals surface area contributed by atoms with Crippen LogP contribution in [-0.4, -0.2) is 22.4 Å². The second kappa shape index (κ2) is 8.15. The van der Waals surface area contributed by atoms with Crippen LogP contribution in [0, 0.1) is 6.92 Å². The lowest BCUT2D eigenvalue weighted by Gasteiger charge is -2.22. The first-order valence-corrected chi connectivity index (χ1v) is 8.09. The predicted molar refractivity (Wildman–Crippen MR) is 93.9 cm³/mol. The summed E-state index contributed by atoms with van der Waals surface area (Å²) in [6.07, 6.45) is 5.07. The molecule has 2 heterocycles. The predicted octanol–water partition coefficient (Wildman–Crippen LogP) is 3.59. The van der Waals surface area contributed by atoms with Gasteiger partial charge in [0.25, 0.3) is 5.91 Å². The molecule has 0 N–H and O–H groups in total. The van der Waals surface area contributed by atoms with Gasteiger partial charge in [-0.15, -0.1) is 0 Å². The first-order valence-electron chi connectivity index (χ1n) is 8.09. The van der Waals surface area contributed by atoms with Crippen molar-refractivity contribution in [2.75, 3.05) is 6.61 Å². The molecule has 1 amide bonds. The van der Waals surface area contributed by atoms with Gasteiger partial charge in [-0.2, -0.15) is 0 Å². The summed E-state index contributed by atoms with van der Waals surface area (Å²) in [6, 6.07) is 15.1. The molecule has 128 valence electrons. The molecule has 0 spiro atoms. The number of aryl methyl sites for hydroxylation is 1. The Morgan fingerprint density at radius 1 is 1.16 bits per heavy atom. The number of ether oxygens (including phenoxy) is 1. The number of rotatable bonds is 7. The Hall–Kier alpha value is -3.08. The summed E-state index contributed by atoms with van der Waals surface area (Å²) in [4.78, 5) is 18.5. The van der Waals surface area contributed by atoms with Gasteiger partial charge >= 0.3 is 0 Å². The van der Waals surface area contributed by atoms with E-state index in [1.165, 1.54) is 0 Å². The van der Waals surface area contributed by atoms with Crippen molar-refractivity contribution in [3.8, 4) is 5.75 Å². The molecule has 0 aliphatic carbocycles. The van der Waals surface area contributed by atoms with Crippen molar-refractivity contribution in [1.29, 1.82) is 0 Å². The van der Waals surface area contributed by atoms with Crippen LogP contribution in [0.1, 0.15) is 16.9 Å². The number of nitrogens with zero attached hydrogens (tertiary/aromatic N) is 2. The molecule has 5 nitrogen and oxygen atoms in total. The number of aromatic nitrogens is 1. The molecule has 0 saturated heterocycles. The van der Waals surface area contributed by atoms with E-state index >= 15 is 0 Å². The average Bonchev–Trinajstić information content (AvgIpc) is 3.13. The first-order chi connectivity index (χ1) is 12.2. The monoisotopic (exact) mass is 336 g/mol. The van der Waals surface area contributed by atoms with Crippen molar-refractivity contribution < 1.29 is 13.9 Å². The summed E-state index contributed by atoms with van der Waals surface area (Å²) in [5.41, 5.74) is 2.05. The van der Waals surface area contributed by atoms with Crippen LogP contribution in [0.3, 0.4) is 0 Å². The Morgan fingerprint density at radius 2 is 2.08 bits per heavy atom. The molecule has 5 heteroatoms. The number of furan rings is 1. The van der Waals surface area contributed by atoms with Crippen molar-refractivity contribution in [3.63, 3.8) is 0 Å². The van der Waals surface area contributed by atoms with Crippen molar-refractivity contribution in [2.45, 2.75) is 20.0 Å². The lowest BCUT2D eigenvalue weighted by molar-refractivity contribution is -0.134. The van der Waals surface area contributed by atoms with Gasteiger partial charge in [-0.25, -0.2) is 0 Å². The van der Waals surface area contributed by atoms with Crippen molar-refractivity contribution >= 4 is 5.91 Å². The topological polar surface area (TPSA) is 55.6 Å². The Morgan fingerprint density at radius 3 is 2.80 bits per heavy atom. The average molecular weight is 336 g/mol. The fourth-order valence-electron chi connectivity index (χ4n) is 2.48. The number of pyridine rings is 1. The highest BCUT2D eigenvalue weighted by Gasteiger charge is 2.17. The smallest absolute Gasteiger partial charge is 0.261 e. The Bertz CT molecular complexity index is 801. The fourth-order valence-corrected chi connectivity index (χ4v) is 2.48. The number of carbonyl (C=O) groups is 1. The van der Waals surface area contributed by atoms with Gasteiger partial charge < -0.3 is 14.1 Å². The minimum Gasteiger partial charge on any atom is -0.484 e. The van der Waals surface area contributed by atoms with Crippen molar-refractivity contribution in [1.82, 2.24) is 9.88 Å². The normalized spacial score (nSPS) is 10.4. The SMILES string of the molecule is Cc1cccc(OCC(=O)N(Cc2cccnc2)Cc2ccco2)c1. The number of amides is 1. The molecule has 3 aromatic rings. The minimum absolute atomic E-state index is 0.0234. The third kappa shape index (κ3) is 4.94. The van der Waals surface area contributed by atoms with E-state index in [0.29, 0.717) is 18.8 Å². The Labute approximate surface area is 146 Å². The Balaban J connectivity index is 1.67. The highest BCUT2D eigenvalue weighted by atomic mass is 16.5. The molecule has 0 fully saturated rings. The van der Waals surface area contributed by atoms with Crippen molar-refractivity contribution in [3.05, 3.63) is 84.1 Å². The lowest BCUT2D eigenvalue weighted by Crippen LogP contribution is -2.34. The molecule has 0 atom stereocenters. The molecule has 25 heavy (non-hydrogen) atoms. The molecule has 0 unspecified atom stereocenters. The van der Waals surface area contributed by atoms with E-state index in [1.807, 2.05) is 55.5 Å². The zero-order chi connectivity index (χ0) is 17.5. The minimum atomic E-state index is -0.109. The molecule has 2 aromatic heterocycles. The molecule has 0 aliphatic rings. The molecule has 0 saturated carbocycles. The van der Waals surface area contributed by atoms with E-state index in [1.54, 1.807) is 23.6 Å². The summed E-state index contributed by atoms with van der Waals surface area (Å²) in [6.45, 7) is 2.80. The van der Waals surface area contributed by atoms with E-state index in [2.05, 4.69) is 4.98 Å². The van der Waals surface area contributed by atoms with Crippen LogP contribution in [0.15, 0.2) is 71.6 Å². The molecule has 1 aromatic carbocycles. The van der Waals surface area contributed by atoms with Crippen LogP contribution in [-0.2, 0) is 17.9 Å². The lowest BCUT2D eigenvalue weighted by atomic mass is 10.2. The molecular weight excluding hydrogens is 316 g/mol. The second-order valence-electron chi connectivity index (χ2n) is 5.80. The highest BCUT2D eigenvalue weighted by Crippen LogP contribution is 2.14. The second-order valence-corrected chi connectivity index (χ2v) is 5.80. The van der Waals surface area contributed by atoms with Crippen LogP contribution in [0.25, 0.3) is 0 Å². The van der Waals surface area contributed by atoms with Gasteiger partial charge in [0.2, 0.25) is 0 Å². The Kier molecular flexibility index (Phi) is 5.46. The van der Waals surface area contributed by atoms with Crippen LogP contribution in [0.4, 0.5) is 0 Å². The van der Waals surface area contributed by atoms with E-state index in [-0.39, 0.29) is 12.5 Å². The zero-order valence-electron chi connectivity index (χ0n) is 14.1. The van der Waals surface area contributed by atoms with Crippen LogP contribution >= 0.6 is 0 Å². The molecular formula is C20H20N2O3. The maximum absolute atomic E-state index is 12.7. The summed E-state index contributed by atoms with van der Waals surface area (Å²) >= 11 is 0. The van der Waals surface area contributed by atoms with E-state index in [9.17, 15) is 4.79 Å². The summed E-state index contributed by atoms with van der Waals surface area (Å²) in [7, 11) is 0. The third-order valence-corrected chi connectivity index (χ3v) is 3.73.